The molecular weight excluding hydrogens is 360 g/mol. The monoisotopic (exact) mass is 377 g/mol. The Hall–Kier alpha value is -3.67. The number of benzene rings is 2. The quantitative estimate of drug-likeness (QED) is 0.488. The summed E-state index contributed by atoms with van der Waals surface area (Å²) in [5, 5.41) is 5.47. The van der Waals surface area contributed by atoms with Crippen LogP contribution in [-0.2, 0) is 6.42 Å². The molecular formula is C22H17F2N3O. The fourth-order valence-electron chi connectivity index (χ4n) is 3.08. The van der Waals surface area contributed by atoms with E-state index >= 15 is 0 Å². The van der Waals surface area contributed by atoms with Crippen LogP contribution < -0.4 is 10.6 Å². The van der Waals surface area contributed by atoms with E-state index in [0.29, 0.717) is 17.9 Å². The Balaban J connectivity index is 1.53. The first-order valence-electron chi connectivity index (χ1n) is 8.75. The molecule has 4 rings (SSSR count). The number of hydrogen-bond donors (Lipinski definition) is 2. The van der Waals surface area contributed by atoms with Gasteiger partial charge in [0.25, 0.3) is 0 Å². The highest BCUT2D eigenvalue weighted by molar-refractivity contribution is 5.99. The Morgan fingerprint density at radius 2 is 1.50 bits per heavy atom. The van der Waals surface area contributed by atoms with Crippen LogP contribution in [0.2, 0.25) is 0 Å². The van der Waals surface area contributed by atoms with E-state index in [9.17, 15) is 13.6 Å². The summed E-state index contributed by atoms with van der Waals surface area (Å²) < 4.78 is 28.0. The lowest BCUT2D eigenvalue weighted by Crippen LogP contribution is -2.20. The normalized spacial score (nSPS) is 10.8. The molecule has 2 heterocycles. The average molecular weight is 377 g/mol. The Bertz CT molecular complexity index is 1120. The van der Waals surface area contributed by atoms with E-state index in [1.807, 2.05) is 28.8 Å². The number of rotatable bonds is 4. The number of pyridine rings is 1. The predicted molar refractivity (Wildman–Crippen MR) is 106 cm³/mol. The maximum atomic E-state index is 13.1. The summed E-state index contributed by atoms with van der Waals surface area (Å²) in [5.41, 5.74) is 3.51. The number of halogens is 2. The average Bonchev–Trinajstić information content (AvgIpc) is 3.09. The van der Waals surface area contributed by atoms with E-state index in [2.05, 4.69) is 10.6 Å². The predicted octanol–water partition coefficient (Wildman–Crippen LogP) is 5.45. The van der Waals surface area contributed by atoms with Crippen molar-refractivity contribution in [2.24, 2.45) is 0 Å². The van der Waals surface area contributed by atoms with E-state index in [1.165, 1.54) is 36.4 Å². The van der Waals surface area contributed by atoms with Gasteiger partial charge in [-0.1, -0.05) is 18.2 Å². The van der Waals surface area contributed by atoms with Crippen LogP contribution in [0.1, 0.15) is 11.1 Å². The number of hydrogen-bond acceptors (Lipinski definition) is 1. The zero-order valence-corrected chi connectivity index (χ0v) is 14.8. The van der Waals surface area contributed by atoms with Crippen LogP contribution in [0, 0.1) is 11.6 Å². The second-order valence-electron chi connectivity index (χ2n) is 6.40. The number of anilines is 2. The number of nitrogens with one attached hydrogen (secondary N) is 2. The molecule has 2 N–H and O–H groups in total. The highest BCUT2D eigenvalue weighted by Gasteiger charge is 2.09. The maximum absolute atomic E-state index is 13.1. The van der Waals surface area contributed by atoms with E-state index in [1.54, 1.807) is 18.2 Å². The number of fused-ring (bicyclic) bond motifs is 1. The molecule has 0 saturated heterocycles. The van der Waals surface area contributed by atoms with E-state index < -0.39 is 6.03 Å². The molecule has 2 amide bonds. The Morgan fingerprint density at radius 3 is 2.21 bits per heavy atom. The second kappa shape index (κ2) is 7.52. The summed E-state index contributed by atoms with van der Waals surface area (Å²) in [5.74, 6) is -0.0247. The third kappa shape index (κ3) is 3.86. The van der Waals surface area contributed by atoms with Crippen molar-refractivity contribution in [2.75, 3.05) is 10.6 Å². The molecule has 2 aromatic heterocycles. The summed E-state index contributed by atoms with van der Waals surface area (Å²) in [6, 6.07) is 19.1. The minimum atomic E-state index is -0.423. The van der Waals surface area contributed by atoms with Crippen molar-refractivity contribution in [1.29, 1.82) is 0 Å². The first-order valence-corrected chi connectivity index (χ1v) is 8.75. The number of carbonyl (C=O) groups is 1. The summed E-state index contributed by atoms with van der Waals surface area (Å²) in [6.07, 6.45) is 2.53. The summed E-state index contributed by atoms with van der Waals surface area (Å²) >= 11 is 0. The lowest BCUT2D eigenvalue weighted by molar-refractivity contribution is 0.262. The fraction of sp³-hybridized carbons (Fsp3) is 0.0455. The van der Waals surface area contributed by atoms with Crippen LogP contribution in [0.3, 0.4) is 0 Å². The molecule has 0 radical (unpaired) electrons. The largest absolute Gasteiger partial charge is 0.324 e. The van der Waals surface area contributed by atoms with Crippen molar-refractivity contribution >= 4 is 23.1 Å². The van der Waals surface area contributed by atoms with Gasteiger partial charge in [0.1, 0.15) is 17.5 Å². The maximum Gasteiger partial charge on any atom is 0.324 e. The van der Waals surface area contributed by atoms with Gasteiger partial charge < -0.3 is 9.72 Å². The number of amides is 2. The molecule has 0 bridgehead atoms. The molecule has 140 valence electrons. The lowest BCUT2D eigenvalue weighted by Gasteiger charge is -2.10. The Kier molecular flexibility index (Phi) is 4.76. The third-order valence-corrected chi connectivity index (χ3v) is 4.43. The molecule has 28 heavy (non-hydrogen) atoms. The van der Waals surface area contributed by atoms with E-state index in [0.717, 1.165) is 16.6 Å². The highest BCUT2D eigenvalue weighted by Crippen LogP contribution is 2.21. The molecule has 4 nitrogen and oxygen atoms in total. The molecule has 0 fully saturated rings. The van der Waals surface area contributed by atoms with Crippen molar-refractivity contribution in [3.05, 3.63) is 102 Å². The van der Waals surface area contributed by atoms with Crippen LogP contribution in [0.25, 0.3) is 5.52 Å². The summed E-state index contributed by atoms with van der Waals surface area (Å²) in [6.45, 7) is 0. The smallest absolute Gasteiger partial charge is 0.308 e. The van der Waals surface area contributed by atoms with Crippen LogP contribution in [-0.4, -0.2) is 10.4 Å². The molecule has 0 atom stereocenters. The van der Waals surface area contributed by atoms with E-state index in [4.69, 9.17) is 0 Å². The van der Waals surface area contributed by atoms with Gasteiger partial charge in [0.15, 0.2) is 0 Å². The van der Waals surface area contributed by atoms with Crippen LogP contribution in [0.4, 0.5) is 25.1 Å². The first-order chi connectivity index (χ1) is 13.6. The molecule has 4 aromatic rings. The zero-order valence-electron chi connectivity index (χ0n) is 14.8. The van der Waals surface area contributed by atoms with Crippen LogP contribution in [0.15, 0.2) is 79.0 Å². The zero-order chi connectivity index (χ0) is 19.5. The van der Waals surface area contributed by atoms with Gasteiger partial charge in [-0.15, -0.1) is 0 Å². The second-order valence-corrected chi connectivity index (χ2v) is 6.40. The fourth-order valence-corrected chi connectivity index (χ4v) is 3.08. The van der Waals surface area contributed by atoms with Gasteiger partial charge in [0.05, 0.1) is 5.52 Å². The lowest BCUT2D eigenvalue weighted by atomic mass is 10.1. The van der Waals surface area contributed by atoms with Gasteiger partial charge in [0.2, 0.25) is 0 Å². The van der Waals surface area contributed by atoms with Crippen molar-refractivity contribution < 1.29 is 13.6 Å². The standard InChI is InChI=1S/C22H17F2N3O/c23-17-6-4-15(5-7-17)14-16-12-13-27-20(16)2-1-3-21(27)26-22(28)25-19-10-8-18(24)9-11-19/h1-13H,14H2,(H2,25,26,28). The highest BCUT2D eigenvalue weighted by atomic mass is 19.1. The summed E-state index contributed by atoms with van der Waals surface area (Å²) in [7, 11) is 0. The molecule has 0 aliphatic rings. The number of aromatic nitrogens is 1. The Labute approximate surface area is 160 Å². The molecule has 0 aliphatic heterocycles. The molecule has 6 heteroatoms. The van der Waals surface area contributed by atoms with Gasteiger partial charge in [-0.2, -0.15) is 0 Å². The van der Waals surface area contributed by atoms with Crippen molar-refractivity contribution in [2.45, 2.75) is 6.42 Å². The van der Waals surface area contributed by atoms with Crippen LogP contribution >= 0.6 is 0 Å². The van der Waals surface area contributed by atoms with E-state index in [-0.39, 0.29) is 11.6 Å². The number of nitrogens with zero attached hydrogens (tertiary/aromatic N) is 1. The van der Waals surface area contributed by atoms with Gasteiger partial charge >= 0.3 is 6.03 Å². The SMILES string of the molecule is O=C(Nc1ccc(F)cc1)Nc1cccc2c(Cc3ccc(F)cc3)ccn12. The van der Waals surface area contributed by atoms with Gasteiger partial charge in [-0.3, -0.25) is 5.32 Å². The van der Waals surface area contributed by atoms with Crippen molar-refractivity contribution in [1.82, 2.24) is 4.40 Å². The molecule has 0 saturated carbocycles. The van der Waals surface area contributed by atoms with Crippen molar-refractivity contribution in [3.63, 3.8) is 0 Å². The minimum absolute atomic E-state index is 0.260. The number of carbonyl (C=O) groups excluding carboxylic acids is 1. The number of urea groups is 1. The molecule has 0 unspecified atom stereocenters. The topological polar surface area (TPSA) is 45.5 Å². The summed E-state index contributed by atoms with van der Waals surface area (Å²) in [4.78, 5) is 12.3. The van der Waals surface area contributed by atoms with Gasteiger partial charge in [-0.05, 0) is 72.1 Å². The van der Waals surface area contributed by atoms with Crippen LogP contribution in [0.5, 0.6) is 0 Å². The Morgan fingerprint density at radius 1 is 0.821 bits per heavy atom. The minimum Gasteiger partial charge on any atom is -0.308 e. The third-order valence-electron chi connectivity index (χ3n) is 4.43. The first kappa shape index (κ1) is 17.7. The molecule has 0 aliphatic carbocycles. The molecule has 0 spiro atoms. The molecule has 2 aromatic carbocycles. The van der Waals surface area contributed by atoms with Gasteiger partial charge in [0, 0.05) is 11.9 Å². The van der Waals surface area contributed by atoms with Crippen molar-refractivity contribution in [3.8, 4) is 0 Å². The van der Waals surface area contributed by atoms with Gasteiger partial charge in [-0.25, -0.2) is 13.6 Å².